The Morgan fingerprint density at radius 3 is 1.05 bits per heavy atom. The van der Waals surface area contributed by atoms with Crippen LogP contribution in [0.3, 0.4) is 0 Å². The average molecular weight is 585 g/mol. The lowest BCUT2D eigenvalue weighted by molar-refractivity contribution is -0.119. The highest BCUT2D eigenvalue weighted by atomic mass is 16.1. The maximum absolute atomic E-state index is 10.7. The summed E-state index contributed by atoms with van der Waals surface area (Å²) in [6, 6.07) is 0. The third-order valence-corrected chi connectivity index (χ3v) is 7.93. The van der Waals surface area contributed by atoms with Crippen molar-refractivity contribution in [1.29, 1.82) is 0 Å². The molecule has 242 valence electrons. The maximum atomic E-state index is 10.7. The lowest BCUT2D eigenvalue weighted by Crippen LogP contribution is -2.09. The summed E-state index contributed by atoms with van der Waals surface area (Å²) < 4.78 is 0. The van der Waals surface area contributed by atoms with Crippen LogP contribution in [-0.4, -0.2) is 11.8 Å². The SMILES string of the molecule is CC(CCCCC/C=C\C/C=C\CCCCCCCC(N)=O)CCCCC/C=C\C/C=C\CCCCCCCC(N)=O. The molecule has 0 rings (SSSR count). The van der Waals surface area contributed by atoms with Crippen LogP contribution in [0.4, 0.5) is 0 Å². The van der Waals surface area contributed by atoms with Gasteiger partial charge in [0.2, 0.25) is 11.8 Å². The lowest BCUT2D eigenvalue weighted by atomic mass is 9.96. The van der Waals surface area contributed by atoms with Crippen molar-refractivity contribution in [2.75, 3.05) is 0 Å². The molecule has 0 fully saturated rings. The molecule has 0 aromatic rings. The third-order valence-electron chi connectivity index (χ3n) is 7.93. The molecule has 0 atom stereocenters. The molecule has 0 aromatic carbocycles. The van der Waals surface area contributed by atoms with E-state index in [0.717, 1.165) is 44.4 Å². The highest BCUT2D eigenvalue weighted by molar-refractivity contribution is 5.73. The van der Waals surface area contributed by atoms with E-state index >= 15 is 0 Å². The first-order valence-electron chi connectivity index (χ1n) is 17.7. The van der Waals surface area contributed by atoms with Crippen LogP contribution in [0.2, 0.25) is 0 Å². The van der Waals surface area contributed by atoms with Gasteiger partial charge in [-0.1, -0.05) is 133 Å². The molecule has 4 N–H and O–H groups in total. The van der Waals surface area contributed by atoms with Crippen LogP contribution < -0.4 is 11.5 Å². The molecule has 0 aliphatic carbocycles. The van der Waals surface area contributed by atoms with Gasteiger partial charge in [-0.3, -0.25) is 9.59 Å². The highest BCUT2D eigenvalue weighted by Crippen LogP contribution is 2.18. The van der Waals surface area contributed by atoms with E-state index in [1.54, 1.807) is 0 Å². The van der Waals surface area contributed by atoms with Crippen molar-refractivity contribution < 1.29 is 9.59 Å². The van der Waals surface area contributed by atoms with Gasteiger partial charge in [-0.05, 0) is 83.0 Å². The second kappa shape index (κ2) is 33.4. The summed E-state index contributed by atoms with van der Waals surface area (Å²) in [6.45, 7) is 2.44. The Morgan fingerprint density at radius 2 is 0.714 bits per heavy atom. The molecule has 0 radical (unpaired) electrons. The first-order valence-corrected chi connectivity index (χ1v) is 17.7. The number of nitrogens with two attached hydrogens (primary N) is 2. The molecular weight excluding hydrogens is 516 g/mol. The number of carbonyl (C=O) groups excluding carboxylic acids is 2. The third kappa shape index (κ3) is 35.9. The smallest absolute Gasteiger partial charge is 0.217 e. The number of carbonyl (C=O) groups is 2. The van der Waals surface area contributed by atoms with Crippen LogP contribution in [-0.2, 0) is 9.59 Å². The number of hydrogen-bond donors (Lipinski definition) is 2. The van der Waals surface area contributed by atoms with E-state index in [-0.39, 0.29) is 11.8 Å². The molecule has 42 heavy (non-hydrogen) atoms. The van der Waals surface area contributed by atoms with Crippen LogP contribution in [0.5, 0.6) is 0 Å². The van der Waals surface area contributed by atoms with Gasteiger partial charge in [0, 0.05) is 12.8 Å². The number of hydrogen-bond acceptors (Lipinski definition) is 2. The number of allylic oxidation sites excluding steroid dienone is 8. The van der Waals surface area contributed by atoms with Crippen molar-refractivity contribution in [2.24, 2.45) is 17.4 Å². The lowest BCUT2D eigenvalue weighted by Gasteiger charge is -2.10. The zero-order chi connectivity index (χ0) is 30.8. The fourth-order valence-corrected chi connectivity index (χ4v) is 5.20. The summed E-state index contributed by atoms with van der Waals surface area (Å²) in [4.78, 5) is 21.4. The van der Waals surface area contributed by atoms with Gasteiger partial charge in [-0.2, -0.15) is 0 Å². The molecule has 0 aliphatic heterocycles. The first-order chi connectivity index (χ1) is 20.5. The molecule has 0 saturated carbocycles. The summed E-state index contributed by atoms with van der Waals surface area (Å²) in [5, 5.41) is 0. The van der Waals surface area contributed by atoms with Crippen molar-refractivity contribution >= 4 is 11.8 Å². The minimum absolute atomic E-state index is 0.173. The summed E-state index contributed by atoms with van der Waals surface area (Å²) in [7, 11) is 0. The fourth-order valence-electron chi connectivity index (χ4n) is 5.20. The van der Waals surface area contributed by atoms with Gasteiger partial charge in [0.1, 0.15) is 0 Å². The van der Waals surface area contributed by atoms with E-state index in [9.17, 15) is 9.59 Å². The summed E-state index contributed by atoms with van der Waals surface area (Å²) >= 11 is 0. The fraction of sp³-hybridized carbons (Fsp3) is 0.737. The van der Waals surface area contributed by atoms with Crippen molar-refractivity contribution in [3.63, 3.8) is 0 Å². The van der Waals surface area contributed by atoms with Gasteiger partial charge in [-0.25, -0.2) is 0 Å². The van der Waals surface area contributed by atoms with Crippen LogP contribution in [0.15, 0.2) is 48.6 Å². The minimum Gasteiger partial charge on any atom is -0.370 e. The van der Waals surface area contributed by atoms with Gasteiger partial charge in [0.15, 0.2) is 0 Å². The molecule has 0 unspecified atom stereocenters. The van der Waals surface area contributed by atoms with Crippen molar-refractivity contribution in [3.05, 3.63) is 48.6 Å². The Bertz CT molecular complexity index is 663. The van der Waals surface area contributed by atoms with Gasteiger partial charge < -0.3 is 11.5 Å². The van der Waals surface area contributed by atoms with Crippen LogP contribution in [0.25, 0.3) is 0 Å². The molecule has 0 aromatic heterocycles. The van der Waals surface area contributed by atoms with Crippen molar-refractivity contribution in [3.8, 4) is 0 Å². The topological polar surface area (TPSA) is 86.2 Å². The summed E-state index contributed by atoms with van der Waals surface area (Å²) in [5.41, 5.74) is 10.3. The molecule has 4 nitrogen and oxygen atoms in total. The average Bonchev–Trinajstić information content (AvgIpc) is 2.96. The normalized spacial score (nSPS) is 12.2. The Labute approximate surface area is 260 Å². The minimum atomic E-state index is -0.173. The van der Waals surface area contributed by atoms with E-state index in [1.807, 2.05) is 0 Å². The second-order valence-corrected chi connectivity index (χ2v) is 12.3. The van der Waals surface area contributed by atoms with E-state index in [0.29, 0.717) is 12.8 Å². The number of unbranched alkanes of at least 4 members (excludes halogenated alkanes) is 16. The standard InChI is InChI=1S/C38H68N2O2/c1-36(32-28-24-20-16-12-8-4-2-6-10-14-18-22-26-30-34-37(39)41)33-29-25-21-17-13-9-5-3-7-11-15-19-23-27-31-35-38(40)42/h2-3,6-9,12-13,36H,4-5,10-11,14-35H2,1H3,(H2,39,41)(H2,40,42)/b6-2-,7-3-,12-8-,13-9-. The van der Waals surface area contributed by atoms with E-state index in [4.69, 9.17) is 11.5 Å². The maximum Gasteiger partial charge on any atom is 0.217 e. The Hall–Kier alpha value is -2.10. The predicted molar refractivity (Wildman–Crippen MR) is 184 cm³/mol. The zero-order valence-electron chi connectivity index (χ0n) is 27.6. The molecular formula is C38H68N2O2. The number of primary amides is 2. The molecule has 4 heteroatoms. The van der Waals surface area contributed by atoms with Crippen LogP contribution >= 0.6 is 0 Å². The Morgan fingerprint density at radius 1 is 0.429 bits per heavy atom. The predicted octanol–water partition coefficient (Wildman–Crippen LogP) is 11.0. The molecule has 0 spiro atoms. The van der Waals surface area contributed by atoms with Gasteiger partial charge in [0.25, 0.3) is 0 Å². The molecule has 2 amide bonds. The summed E-state index contributed by atoms with van der Waals surface area (Å²) in [6.07, 6.45) is 49.0. The van der Waals surface area contributed by atoms with Gasteiger partial charge >= 0.3 is 0 Å². The van der Waals surface area contributed by atoms with Crippen LogP contribution in [0, 0.1) is 5.92 Å². The number of rotatable bonds is 32. The van der Waals surface area contributed by atoms with Crippen LogP contribution in [0.1, 0.15) is 174 Å². The number of amides is 2. The second-order valence-electron chi connectivity index (χ2n) is 12.3. The molecule has 0 bridgehead atoms. The molecule has 0 heterocycles. The first kappa shape index (κ1) is 39.9. The van der Waals surface area contributed by atoms with E-state index in [2.05, 4.69) is 55.5 Å². The Kier molecular flexibility index (Phi) is 31.7. The van der Waals surface area contributed by atoms with E-state index < -0.39 is 0 Å². The molecule has 0 saturated heterocycles. The summed E-state index contributed by atoms with van der Waals surface area (Å²) in [5.74, 6) is 0.526. The van der Waals surface area contributed by atoms with Gasteiger partial charge in [-0.15, -0.1) is 0 Å². The Balaban J connectivity index is 3.37. The van der Waals surface area contributed by atoms with E-state index in [1.165, 1.54) is 116 Å². The van der Waals surface area contributed by atoms with Crippen molar-refractivity contribution in [2.45, 2.75) is 174 Å². The quantitative estimate of drug-likeness (QED) is 0.0608. The zero-order valence-corrected chi connectivity index (χ0v) is 27.6. The molecule has 0 aliphatic rings. The largest absolute Gasteiger partial charge is 0.370 e. The monoisotopic (exact) mass is 585 g/mol. The van der Waals surface area contributed by atoms with Gasteiger partial charge in [0.05, 0.1) is 0 Å². The van der Waals surface area contributed by atoms with Crippen molar-refractivity contribution in [1.82, 2.24) is 0 Å². The highest BCUT2D eigenvalue weighted by Gasteiger charge is 2.01.